The summed E-state index contributed by atoms with van der Waals surface area (Å²) in [4.78, 5) is 24.7. The minimum Gasteiger partial charge on any atom is -0.399 e. The fourth-order valence-electron chi connectivity index (χ4n) is 2.34. The van der Waals surface area contributed by atoms with Crippen molar-refractivity contribution in [3.8, 4) is 0 Å². The Morgan fingerprint density at radius 1 is 0.643 bits per heavy atom. The molecule has 0 aliphatic heterocycles. The summed E-state index contributed by atoms with van der Waals surface area (Å²) in [5, 5.41) is 11.3. The van der Waals surface area contributed by atoms with Crippen molar-refractivity contribution in [1.29, 1.82) is 0 Å². The van der Waals surface area contributed by atoms with Crippen LogP contribution in [0.25, 0.3) is 0 Å². The minimum atomic E-state index is -0.761. The largest absolute Gasteiger partial charge is 0.399 e. The van der Waals surface area contributed by atoms with Crippen LogP contribution in [0, 0.1) is 0 Å². The highest BCUT2D eigenvalue weighted by Gasteiger charge is 2.39. The van der Waals surface area contributed by atoms with Crippen molar-refractivity contribution in [2.75, 3.05) is 22.1 Å². The zero-order chi connectivity index (χ0) is 20.9. The van der Waals surface area contributed by atoms with Crippen LogP contribution in [0.5, 0.6) is 0 Å². The van der Waals surface area contributed by atoms with Gasteiger partial charge in [0.05, 0.1) is 11.1 Å². The van der Waals surface area contributed by atoms with Gasteiger partial charge in [0.15, 0.2) is 0 Å². The number of carbonyl (C=O) groups is 2. The number of hydrogen-bond donors (Lipinski definition) is 6. The van der Waals surface area contributed by atoms with Crippen LogP contribution in [-0.2, 0) is 0 Å². The lowest BCUT2D eigenvalue weighted by Gasteiger charge is -2.42. The first kappa shape index (κ1) is 20.9. The van der Waals surface area contributed by atoms with E-state index < -0.39 is 11.1 Å². The molecule has 0 unspecified atom stereocenters. The van der Waals surface area contributed by atoms with Crippen LogP contribution in [-0.4, -0.2) is 23.1 Å². The molecule has 4 amide bonds. The maximum atomic E-state index is 12.4. The molecule has 2 rings (SSSR count). The molecule has 0 radical (unpaired) electrons. The Kier molecular flexibility index (Phi) is 6.03. The van der Waals surface area contributed by atoms with Gasteiger partial charge in [-0.1, -0.05) is 0 Å². The molecule has 0 fully saturated rings. The van der Waals surface area contributed by atoms with E-state index in [4.69, 9.17) is 11.5 Å². The molecule has 8 N–H and O–H groups in total. The number of nitrogen functional groups attached to an aromatic ring is 2. The van der Waals surface area contributed by atoms with Gasteiger partial charge in [-0.2, -0.15) is 0 Å². The summed E-state index contributed by atoms with van der Waals surface area (Å²) < 4.78 is 0. The zero-order valence-corrected chi connectivity index (χ0v) is 16.6. The second-order valence-corrected chi connectivity index (χ2v) is 7.65. The maximum Gasteiger partial charge on any atom is 0.319 e. The topological polar surface area (TPSA) is 134 Å². The van der Waals surface area contributed by atoms with Crippen LogP contribution in [0.15, 0.2) is 48.5 Å². The number of carbonyl (C=O) groups excluding carboxylic acids is 2. The van der Waals surface area contributed by atoms with Crippen LogP contribution in [0.2, 0.25) is 0 Å². The van der Waals surface area contributed by atoms with Crippen molar-refractivity contribution in [3.05, 3.63) is 48.5 Å². The molecular weight excluding hydrogens is 356 g/mol. The van der Waals surface area contributed by atoms with E-state index in [2.05, 4.69) is 21.3 Å². The third kappa shape index (κ3) is 5.54. The summed E-state index contributed by atoms with van der Waals surface area (Å²) in [6, 6.07) is 12.9. The quantitative estimate of drug-likeness (QED) is 0.441. The van der Waals surface area contributed by atoms with E-state index in [1.807, 2.05) is 27.7 Å². The first-order valence-electron chi connectivity index (χ1n) is 8.88. The van der Waals surface area contributed by atoms with Gasteiger partial charge in [0.1, 0.15) is 0 Å². The second kappa shape index (κ2) is 8.08. The smallest absolute Gasteiger partial charge is 0.319 e. The van der Waals surface area contributed by atoms with E-state index in [-0.39, 0.29) is 12.1 Å². The third-order valence-corrected chi connectivity index (χ3v) is 4.75. The highest BCUT2D eigenvalue weighted by molar-refractivity contribution is 5.91. The van der Waals surface area contributed by atoms with Crippen molar-refractivity contribution < 1.29 is 9.59 Å². The van der Waals surface area contributed by atoms with Crippen molar-refractivity contribution in [3.63, 3.8) is 0 Å². The van der Waals surface area contributed by atoms with Crippen molar-refractivity contribution in [1.82, 2.24) is 10.6 Å². The summed E-state index contributed by atoms with van der Waals surface area (Å²) in [6.45, 7) is 7.33. The third-order valence-electron chi connectivity index (χ3n) is 4.75. The van der Waals surface area contributed by atoms with Crippen LogP contribution < -0.4 is 32.7 Å². The Labute approximate surface area is 165 Å². The standard InChI is InChI=1S/C20H28N6O2/c1-19(2,25-17(27)23-15-9-5-13(21)6-10-15)20(3,4)26-18(28)24-16-11-7-14(22)8-12-16/h5-12H,21-22H2,1-4H3,(H2,23,25,27)(H2,24,26,28). The summed E-state index contributed by atoms with van der Waals surface area (Å²) in [7, 11) is 0. The predicted molar refractivity (Wildman–Crippen MR) is 114 cm³/mol. The van der Waals surface area contributed by atoms with Crippen molar-refractivity contribution >= 4 is 34.8 Å². The number of amides is 4. The molecule has 0 saturated heterocycles. The first-order chi connectivity index (χ1) is 13.0. The van der Waals surface area contributed by atoms with Gasteiger partial charge in [-0.15, -0.1) is 0 Å². The number of anilines is 4. The molecule has 0 bridgehead atoms. The van der Waals surface area contributed by atoms with Crippen molar-refractivity contribution in [2.45, 2.75) is 38.8 Å². The van der Waals surface area contributed by atoms with E-state index in [0.29, 0.717) is 22.7 Å². The lowest BCUT2D eigenvalue weighted by molar-refractivity contribution is 0.188. The number of rotatable bonds is 5. The highest BCUT2D eigenvalue weighted by atomic mass is 16.2. The molecule has 0 aliphatic rings. The number of hydrogen-bond acceptors (Lipinski definition) is 4. The number of nitrogens with two attached hydrogens (primary N) is 2. The molecule has 0 aromatic heterocycles. The van der Waals surface area contributed by atoms with Crippen LogP contribution in [0.1, 0.15) is 27.7 Å². The van der Waals surface area contributed by atoms with Gasteiger partial charge in [0, 0.05) is 22.7 Å². The summed E-state index contributed by atoms with van der Waals surface area (Å²) in [5.41, 5.74) is 12.2. The summed E-state index contributed by atoms with van der Waals surface area (Å²) in [5.74, 6) is 0. The van der Waals surface area contributed by atoms with Gasteiger partial charge in [0.2, 0.25) is 0 Å². The first-order valence-corrected chi connectivity index (χ1v) is 8.88. The van der Waals surface area contributed by atoms with Gasteiger partial charge >= 0.3 is 12.1 Å². The molecular formula is C20H28N6O2. The van der Waals surface area contributed by atoms with Crippen LogP contribution in [0.3, 0.4) is 0 Å². The normalized spacial score (nSPS) is 11.4. The van der Waals surface area contributed by atoms with Gasteiger partial charge in [0.25, 0.3) is 0 Å². The van der Waals surface area contributed by atoms with E-state index in [1.165, 1.54) is 0 Å². The van der Waals surface area contributed by atoms with Crippen LogP contribution >= 0.6 is 0 Å². The Morgan fingerprint density at radius 2 is 0.929 bits per heavy atom. The van der Waals surface area contributed by atoms with E-state index in [9.17, 15) is 9.59 Å². The lowest BCUT2D eigenvalue weighted by atomic mass is 9.82. The minimum absolute atomic E-state index is 0.386. The molecule has 2 aromatic rings. The Balaban J connectivity index is 1.96. The lowest BCUT2D eigenvalue weighted by Crippen LogP contribution is -2.66. The average Bonchev–Trinajstić information content (AvgIpc) is 2.58. The monoisotopic (exact) mass is 384 g/mol. The van der Waals surface area contributed by atoms with Gasteiger partial charge in [-0.25, -0.2) is 9.59 Å². The molecule has 0 heterocycles. The summed E-state index contributed by atoms with van der Waals surface area (Å²) in [6.07, 6.45) is 0. The summed E-state index contributed by atoms with van der Waals surface area (Å²) >= 11 is 0. The second-order valence-electron chi connectivity index (χ2n) is 7.65. The zero-order valence-electron chi connectivity index (χ0n) is 16.6. The number of urea groups is 2. The molecule has 0 saturated carbocycles. The molecule has 150 valence electrons. The maximum absolute atomic E-state index is 12.4. The van der Waals surface area contributed by atoms with E-state index >= 15 is 0 Å². The molecule has 0 spiro atoms. The fraction of sp³-hybridized carbons (Fsp3) is 0.300. The van der Waals surface area contributed by atoms with Crippen molar-refractivity contribution in [2.24, 2.45) is 0 Å². The molecule has 0 atom stereocenters. The van der Waals surface area contributed by atoms with Gasteiger partial charge in [-0.05, 0) is 76.2 Å². The van der Waals surface area contributed by atoms with Gasteiger partial charge in [-0.3, -0.25) is 0 Å². The van der Waals surface area contributed by atoms with E-state index in [0.717, 1.165) is 0 Å². The Morgan fingerprint density at radius 3 is 1.21 bits per heavy atom. The number of benzene rings is 2. The van der Waals surface area contributed by atoms with Crippen LogP contribution in [0.4, 0.5) is 32.3 Å². The molecule has 0 aliphatic carbocycles. The van der Waals surface area contributed by atoms with E-state index in [1.54, 1.807) is 48.5 Å². The molecule has 8 heteroatoms. The highest BCUT2D eigenvalue weighted by Crippen LogP contribution is 2.22. The average molecular weight is 384 g/mol. The fourth-order valence-corrected chi connectivity index (χ4v) is 2.34. The molecule has 28 heavy (non-hydrogen) atoms. The number of nitrogens with one attached hydrogen (secondary N) is 4. The molecule has 2 aromatic carbocycles. The SMILES string of the molecule is CC(C)(NC(=O)Nc1ccc(N)cc1)C(C)(C)NC(=O)Nc1ccc(N)cc1. The Hall–Kier alpha value is -3.42. The Bertz CT molecular complexity index is 757. The molecule has 8 nitrogen and oxygen atoms in total. The predicted octanol–water partition coefficient (Wildman–Crippen LogP) is 3.35. The van der Waals surface area contributed by atoms with Gasteiger partial charge < -0.3 is 32.7 Å².